The Hall–Kier alpha value is -1.38. The standard InChI is InChI=1S/C14H16FIN2O3/c1-14(12(19)20)4-6-18(7-5-14)13(21)17-11-3-2-9(15)8-10(11)16/h2-3,8H,4-7H2,1H3,(H,17,21)(H,19,20). The molecule has 1 aromatic carbocycles. The van der Waals surface area contributed by atoms with E-state index in [1.807, 2.05) is 22.6 Å². The summed E-state index contributed by atoms with van der Waals surface area (Å²) in [5.41, 5.74) is -0.213. The van der Waals surface area contributed by atoms with Crippen molar-refractivity contribution in [3.63, 3.8) is 0 Å². The van der Waals surface area contributed by atoms with E-state index < -0.39 is 11.4 Å². The minimum atomic E-state index is -0.823. The lowest BCUT2D eigenvalue weighted by Crippen LogP contribution is -2.46. The second-order valence-electron chi connectivity index (χ2n) is 5.41. The van der Waals surface area contributed by atoms with Crippen molar-refractivity contribution in [3.8, 4) is 0 Å². The Morgan fingerprint density at radius 3 is 2.52 bits per heavy atom. The predicted molar refractivity (Wildman–Crippen MR) is 84.7 cm³/mol. The second kappa shape index (κ2) is 6.17. The second-order valence-corrected chi connectivity index (χ2v) is 6.57. The van der Waals surface area contributed by atoms with Gasteiger partial charge < -0.3 is 15.3 Å². The van der Waals surface area contributed by atoms with Crippen molar-refractivity contribution < 1.29 is 19.1 Å². The maximum absolute atomic E-state index is 13.0. The molecule has 0 saturated carbocycles. The Balaban J connectivity index is 1.98. The first-order valence-corrected chi connectivity index (χ1v) is 7.64. The van der Waals surface area contributed by atoms with E-state index in [0.29, 0.717) is 35.2 Å². The number of hydrogen-bond acceptors (Lipinski definition) is 2. The van der Waals surface area contributed by atoms with Gasteiger partial charge in [0.25, 0.3) is 0 Å². The number of carbonyl (C=O) groups excluding carboxylic acids is 1. The molecule has 0 unspecified atom stereocenters. The third kappa shape index (κ3) is 3.63. The summed E-state index contributed by atoms with van der Waals surface area (Å²) in [6.07, 6.45) is 0.854. The maximum atomic E-state index is 13.0. The molecule has 0 bridgehead atoms. The minimum Gasteiger partial charge on any atom is -0.481 e. The first kappa shape index (κ1) is 16.0. The Kier molecular flexibility index (Phi) is 4.70. The van der Waals surface area contributed by atoms with Gasteiger partial charge in [0.2, 0.25) is 0 Å². The number of nitrogens with zero attached hydrogens (tertiary/aromatic N) is 1. The third-order valence-corrected chi connectivity index (χ3v) is 4.74. The van der Waals surface area contributed by atoms with E-state index in [4.69, 9.17) is 5.11 Å². The zero-order valence-electron chi connectivity index (χ0n) is 11.5. The fraction of sp³-hybridized carbons (Fsp3) is 0.429. The minimum absolute atomic E-state index is 0.285. The van der Waals surface area contributed by atoms with Gasteiger partial charge in [-0.15, -0.1) is 0 Å². The van der Waals surface area contributed by atoms with Crippen molar-refractivity contribution in [3.05, 3.63) is 27.6 Å². The number of carbonyl (C=O) groups is 2. The number of halogens is 2. The zero-order chi connectivity index (χ0) is 15.6. The maximum Gasteiger partial charge on any atom is 0.321 e. The zero-order valence-corrected chi connectivity index (χ0v) is 13.7. The highest BCUT2D eigenvalue weighted by molar-refractivity contribution is 14.1. The molecule has 0 atom stereocenters. The molecule has 1 aromatic rings. The molecule has 114 valence electrons. The number of piperidine rings is 1. The van der Waals surface area contributed by atoms with Gasteiger partial charge in [-0.25, -0.2) is 9.18 Å². The molecule has 1 aliphatic heterocycles. The molecule has 0 spiro atoms. The number of urea groups is 1. The molecular weight excluding hydrogens is 390 g/mol. The lowest BCUT2D eigenvalue weighted by molar-refractivity contribution is -0.150. The fourth-order valence-electron chi connectivity index (χ4n) is 2.20. The number of benzene rings is 1. The molecule has 1 saturated heterocycles. The quantitative estimate of drug-likeness (QED) is 0.742. The third-order valence-electron chi connectivity index (χ3n) is 3.84. The van der Waals surface area contributed by atoms with Crippen LogP contribution in [0.15, 0.2) is 18.2 Å². The van der Waals surface area contributed by atoms with Crippen molar-refractivity contribution in [2.45, 2.75) is 19.8 Å². The number of rotatable bonds is 2. The number of aliphatic carboxylic acids is 1. The van der Waals surface area contributed by atoms with Gasteiger partial charge in [0.05, 0.1) is 11.1 Å². The summed E-state index contributed by atoms with van der Waals surface area (Å²) in [4.78, 5) is 24.9. The van der Waals surface area contributed by atoms with Crippen LogP contribution in [0, 0.1) is 14.8 Å². The van der Waals surface area contributed by atoms with Crippen LogP contribution >= 0.6 is 22.6 Å². The van der Waals surface area contributed by atoms with Crippen LogP contribution in [0.5, 0.6) is 0 Å². The van der Waals surface area contributed by atoms with Crippen LogP contribution in [0.4, 0.5) is 14.9 Å². The number of carboxylic acids is 1. The Morgan fingerprint density at radius 1 is 1.38 bits per heavy atom. The van der Waals surface area contributed by atoms with Gasteiger partial charge in [-0.3, -0.25) is 4.79 Å². The number of amides is 2. The van der Waals surface area contributed by atoms with E-state index in [0.717, 1.165) is 0 Å². The van der Waals surface area contributed by atoms with Gasteiger partial charge in [-0.05, 0) is 60.6 Å². The van der Waals surface area contributed by atoms with Crippen LogP contribution in [-0.2, 0) is 4.79 Å². The number of likely N-dealkylation sites (tertiary alicyclic amines) is 1. The van der Waals surface area contributed by atoms with Crippen LogP contribution in [0.2, 0.25) is 0 Å². The van der Waals surface area contributed by atoms with Gasteiger partial charge in [0.1, 0.15) is 5.82 Å². The average molecular weight is 406 g/mol. The first-order valence-electron chi connectivity index (χ1n) is 6.56. The molecule has 2 rings (SSSR count). The molecule has 5 nitrogen and oxygen atoms in total. The number of carboxylic acid groups (broad SMARTS) is 1. The lowest BCUT2D eigenvalue weighted by Gasteiger charge is -2.36. The first-order chi connectivity index (χ1) is 9.82. The molecule has 2 N–H and O–H groups in total. The molecule has 0 aromatic heterocycles. The van der Waals surface area contributed by atoms with Crippen LogP contribution in [0.3, 0.4) is 0 Å². The van der Waals surface area contributed by atoms with Crippen LogP contribution in [0.25, 0.3) is 0 Å². The summed E-state index contributed by atoms with van der Waals surface area (Å²) in [5.74, 6) is -1.18. The summed E-state index contributed by atoms with van der Waals surface area (Å²) in [5, 5.41) is 11.9. The van der Waals surface area contributed by atoms with Crippen LogP contribution < -0.4 is 5.32 Å². The lowest BCUT2D eigenvalue weighted by atomic mass is 9.80. The van der Waals surface area contributed by atoms with Crippen molar-refractivity contribution in [2.24, 2.45) is 5.41 Å². The van der Waals surface area contributed by atoms with E-state index in [9.17, 15) is 14.0 Å². The Labute approximate surface area is 135 Å². The highest BCUT2D eigenvalue weighted by Crippen LogP contribution is 2.31. The van der Waals surface area contributed by atoms with E-state index in [1.165, 1.54) is 18.2 Å². The molecule has 1 aliphatic rings. The molecule has 1 fully saturated rings. The van der Waals surface area contributed by atoms with Crippen molar-refractivity contribution in [2.75, 3.05) is 18.4 Å². The van der Waals surface area contributed by atoms with Crippen LogP contribution in [-0.4, -0.2) is 35.1 Å². The van der Waals surface area contributed by atoms with E-state index in [-0.39, 0.29) is 11.8 Å². The molecule has 21 heavy (non-hydrogen) atoms. The predicted octanol–water partition coefficient (Wildman–Crippen LogP) is 3.15. The van der Waals surface area contributed by atoms with Crippen LogP contribution in [0.1, 0.15) is 19.8 Å². The molecule has 2 amide bonds. The Bertz CT molecular complexity index is 571. The van der Waals surface area contributed by atoms with Crippen molar-refractivity contribution in [1.29, 1.82) is 0 Å². The topological polar surface area (TPSA) is 69.6 Å². The summed E-state index contributed by atoms with van der Waals surface area (Å²) >= 11 is 1.95. The molecule has 1 heterocycles. The highest BCUT2D eigenvalue weighted by atomic mass is 127. The number of hydrogen-bond donors (Lipinski definition) is 2. The summed E-state index contributed by atoms with van der Waals surface area (Å²) < 4.78 is 13.6. The van der Waals surface area contributed by atoms with Crippen molar-refractivity contribution >= 4 is 40.3 Å². The smallest absolute Gasteiger partial charge is 0.321 e. The van der Waals surface area contributed by atoms with Crippen molar-refractivity contribution in [1.82, 2.24) is 4.90 Å². The van der Waals surface area contributed by atoms with Gasteiger partial charge in [0, 0.05) is 16.7 Å². The van der Waals surface area contributed by atoms with Gasteiger partial charge >= 0.3 is 12.0 Å². The summed E-state index contributed by atoms with van der Waals surface area (Å²) in [6, 6.07) is 3.86. The normalized spacial score (nSPS) is 17.4. The monoisotopic (exact) mass is 406 g/mol. The average Bonchev–Trinajstić information content (AvgIpc) is 2.42. The largest absolute Gasteiger partial charge is 0.481 e. The number of nitrogens with one attached hydrogen (secondary N) is 1. The van der Waals surface area contributed by atoms with Gasteiger partial charge in [-0.1, -0.05) is 0 Å². The van der Waals surface area contributed by atoms with E-state index >= 15 is 0 Å². The number of anilines is 1. The Morgan fingerprint density at radius 2 is 2.00 bits per heavy atom. The molecule has 0 radical (unpaired) electrons. The van der Waals surface area contributed by atoms with Gasteiger partial charge in [0.15, 0.2) is 0 Å². The SMILES string of the molecule is CC1(C(=O)O)CCN(C(=O)Nc2ccc(F)cc2I)CC1. The molecule has 0 aliphatic carbocycles. The molecule has 7 heteroatoms. The fourth-order valence-corrected chi connectivity index (χ4v) is 2.81. The summed E-state index contributed by atoms with van der Waals surface area (Å²) in [6.45, 7) is 2.49. The highest BCUT2D eigenvalue weighted by Gasteiger charge is 2.38. The van der Waals surface area contributed by atoms with Gasteiger partial charge in [-0.2, -0.15) is 0 Å². The van der Waals surface area contributed by atoms with E-state index in [2.05, 4.69) is 5.32 Å². The van der Waals surface area contributed by atoms with E-state index in [1.54, 1.807) is 11.8 Å². The summed E-state index contributed by atoms with van der Waals surface area (Å²) in [7, 11) is 0. The molecular formula is C14H16FIN2O3.